The van der Waals surface area contributed by atoms with Crippen molar-refractivity contribution in [2.75, 3.05) is 30.8 Å². The van der Waals surface area contributed by atoms with Crippen molar-refractivity contribution in [1.29, 1.82) is 0 Å². The van der Waals surface area contributed by atoms with Crippen molar-refractivity contribution in [2.45, 2.75) is 13.0 Å². The molecule has 9 heteroatoms. The average Bonchev–Trinajstić information content (AvgIpc) is 2.82. The second-order valence-corrected chi connectivity index (χ2v) is 9.53. The van der Waals surface area contributed by atoms with Crippen LogP contribution >= 0.6 is 0 Å². The van der Waals surface area contributed by atoms with E-state index in [1.165, 1.54) is 28.6 Å². The molecule has 0 atom stereocenters. The molecule has 34 heavy (non-hydrogen) atoms. The van der Waals surface area contributed by atoms with Crippen LogP contribution in [0.15, 0.2) is 72.8 Å². The zero-order valence-electron chi connectivity index (χ0n) is 19.0. The maximum absolute atomic E-state index is 13.1. The van der Waals surface area contributed by atoms with E-state index in [1.54, 1.807) is 31.4 Å². The van der Waals surface area contributed by atoms with E-state index in [9.17, 15) is 17.6 Å². The third-order valence-corrected chi connectivity index (χ3v) is 6.17. The summed E-state index contributed by atoms with van der Waals surface area (Å²) in [6.07, 6.45) is 1.79. The maximum atomic E-state index is 13.1. The van der Waals surface area contributed by atoms with Crippen molar-refractivity contribution in [2.24, 2.45) is 0 Å². The van der Waals surface area contributed by atoms with Gasteiger partial charge in [0.1, 0.15) is 17.3 Å². The Kier molecular flexibility index (Phi) is 8.48. The van der Waals surface area contributed by atoms with Gasteiger partial charge in [0, 0.05) is 6.54 Å². The van der Waals surface area contributed by atoms with Crippen LogP contribution in [0.3, 0.4) is 0 Å². The van der Waals surface area contributed by atoms with Gasteiger partial charge in [0.2, 0.25) is 10.0 Å². The smallest absolute Gasteiger partial charge is 0.257 e. The Morgan fingerprint density at radius 2 is 1.50 bits per heavy atom. The number of nitrogens with one attached hydrogen (secondary N) is 1. The fourth-order valence-electron chi connectivity index (χ4n) is 3.20. The normalized spacial score (nSPS) is 11.0. The number of halogens is 1. The third kappa shape index (κ3) is 7.48. The highest BCUT2D eigenvalue weighted by Crippen LogP contribution is 2.24. The molecule has 1 N–H and O–H groups in total. The van der Waals surface area contributed by atoms with E-state index >= 15 is 0 Å². The summed E-state index contributed by atoms with van der Waals surface area (Å²) in [7, 11) is -1.96. The second kappa shape index (κ2) is 11.5. The number of sulfonamides is 1. The zero-order chi connectivity index (χ0) is 24.6. The first-order valence-electron chi connectivity index (χ1n) is 10.6. The van der Waals surface area contributed by atoms with Crippen molar-refractivity contribution in [3.63, 3.8) is 0 Å². The molecule has 0 bridgehead atoms. The summed E-state index contributed by atoms with van der Waals surface area (Å²) in [5.41, 5.74) is 2.16. The number of benzene rings is 3. The predicted octanol–water partition coefficient (Wildman–Crippen LogP) is 3.54. The summed E-state index contributed by atoms with van der Waals surface area (Å²) in [5, 5.41) is 2.80. The molecule has 0 saturated heterocycles. The van der Waals surface area contributed by atoms with Gasteiger partial charge in [-0.15, -0.1) is 0 Å². The zero-order valence-corrected chi connectivity index (χ0v) is 19.8. The lowest BCUT2D eigenvalue weighted by Crippen LogP contribution is -2.30. The van der Waals surface area contributed by atoms with Crippen LogP contribution in [0.4, 0.5) is 10.1 Å². The molecule has 0 saturated carbocycles. The first-order valence-corrected chi connectivity index (χ1v) is 12.4. The van der Waals surface area contributed by atoms with Gasteiger partial charge in [-0.25, -0.2) is 12.8 Å². The highest BCUT2D eigenvalue weighted by molar-refractivity contribution is 7.92. The molecular weight excluding hydrogens is 459 g/mol. The highest BCUT2D eigenvalue weighted by Gasteiger charge is 2.18. The van der Waals surface area contributed by atoms with Gasteiger partial charge in [-0.2, -0.15) is 0 Å². The molecule has 180 valence electrons. The number of hydrogen-bond acceptors (Lipinski definition) is 5. The quantitative estimate of drug-likeness (QED) is 0.448. The molecule has 0 aliphatic heterocycles. The van der Waals surface area contributed by atoms with Crippen LogP contribution in [-0.4, -0.2) is 40.8 Å². The van der Waals surface area contributed by atoms with Gasteiger partial charge in [0.25, 0.3) is 5.91 Å². The van der Waals surface area contributed by atoms with Crippen molar-refractivity contribution in [1.82, 2.24) is 5.32 Å². The molecule has 0 fully saturated rings. The van der Waals surface area contributed by atoms with Gasteiger partial charge in [0.05, 0.1) is 25.6 Å². The van der Waals surface area contributed by atoms with Gasteiger partial charge in [-0.3, -0.25) is 9.10 Å². The van der Waals surface area contributed by atoms with Gasteiger partial charge >= 0.3 is 0 Å². The first kappa shape index (κ1) is 25.0. The molecule has 3 aromatic carbocycles. The second-order valence-electron chi connectivity index (χ2n) is 7.63. The average molecular weight is 487 g/mol. The molecule has 0 aliphatic rings. The Balaban J connectivity index is 1.51. The lowest BCUT2D eigenvalue weighted by Gasteiger charge is -2.22. The van der Waals surface area contributed by atoms with Gasteiger partial charge in [0.15, 0.2) is 6.61 Å². The molecule has 3 aromatic rings. The van der Waals surface area contributed by atoms with Crippen LogP contribution in [0.2, 0.25) is 0 Å². The molecule has 1 amide bonds. The molecule has 3 rings (SSSR count). The summed E-state index contributed by atoms with van der Waals surface area (Å²) < 4.78 is 49.6. The third-order valence-electron chi connectivity index (χ3n) is 5.03. The van der Waals surface area contributed by atoms with Crippen molar-refractivity contribution in [3.05, 3.63) is 89.7 Å². The van der Waals surface area contributed by atoms with E-state index < -0.39 is 10.0 Å². The summed E-state index contributed by atoms with van der Waals surface area (Å²) >= 11 is 0. The molecular formula is C25H27FN2O5S. The summed E-state index contributed by atoms with van der Waals surface area (Å²) in [4.78, 5) is 12.1. The van der Waals surface area contributed by atoms with Crippen molar-refractivity contribution in [3.8, 4) is 11.5 Å². The van der Waals surface area contributed by atoms with Crippen molar-refractivity contribution < 1.29 is 27.1 Å². The monoisotopic (exact) mass is 486 g/mol. The van der Waals surface area contributed by atoms with E-state index in [2.05, 4.69) is 5.32 Å². The van der Waals surface area contributed by atoms with E-state index in [0.717, 1.165) is 17.6 Å². The summed E-state index contributed by atoms with van der Waals surface area (Å²) in [6.45, 7) is 0.378. The lowest BCUT2D eigenvalue weighted by atomic mass is 10.1. The van der Waals surface area contributed by atoms with Crippen molar-refractivity contribution >= 4 is 21.6 Å². The molecule has 0 spiro atoms. The Morgan fingerprint density at radius 3 is 2.09 bits per heavy atom. The van der Waals surface area contributed by atoms with E-state index in [4.69, 9.17) is 9.47 Å². The van der Waals surface area contributed by atoms with Crippen LogP contribution < -0.4 is 19.1 Å². The minimum absolute atomic E-state index is 0.0654. The number of methoxy groups -OCH3 is 1. The molecule has 0 unspecified atom stereocenters. The number of amides is 1. The standard InChI is InChI=1S/C25H27FN2O5S/c1-32-23-11-5-19(6-12-23)15-16-27-25(29)18-33-24-13-9-22(10-14-24)28(34(2,30)31)17-20-3-7-21(26)8-4-20/h3-14H,15-18H2,1-2H3,(H,27,29). The predicted molar refractivity (Wildman–Crippen MR) is 129 cm³/mol. The Hall–Kier alpha value is -3.59. The molecule has 0 aliphatic carbocycles. The fourth-order valence-corrected chi connectivity index (χ4v) is 4.09. The minimum atomic E-state index is -3.57. The summed E-state index contributed by atoms with van der Waals surface area (Å²) in [6, 6.07) is 19.7. The number of carbonyl (C=O) groups is 1. The van der Waals surface area contributed by atoms with E-state index in [-0.39, 0.29) is 24.9 Å². The molecule has 0 radical (unpaired) electrons. The first-order chi connectivity index (χ1) is 16.2. The van der Waals surface area contributed by atoms with Crippen LogP contribution in [0, 0.1) is 5.82 Å². The molecule has 0 aromatic heterocycles. The molecule has 0 heterocycles. The Morgan fingerprint density at radius 1 is 0.912 bits per heavy atom. The number of rotatable bonds is 11. The maximum Gasteiger partial charge on any atom is 0.257 e. The van der Waals surface area contributed by atoms with Crippen LogP contribution in [-0.2, 0) is 27.8 Å². The SMILES string of the molecule is COc1ccc(CCNC(=O)COc2ccc(N(Cc3ccc(F)cc3)S(C)(=O)=O)cc2)cc1. The number of ether oxygens (including phenoxy) is 2. The van der Waals surface area contributed by atoms with Gasteiger partial charge in [-0.05, 0) is 66.1 Å². The highest BCUT2D eigenvalue weighted by atomic mass is 32.2. The van der Waals surface area contributed by atoms with Gasteiger partial charge < -0.3 is 14.8 Å². The molecule has 7 nitrogen and oxygen atoms in total. The largest absolute Gasteiger partial charge is 0.497 e. The topological polar surface area (TPSA) is 84.9 Å². The van der Waals surface area contributed by atoms with E-state index in [1.807, 2.05) is 24.3 Å². The van der Waals surface area contributed by atoms with Gasteiger partial charge in [-0.1, -0.05) is 24.3 Å². The van der Waals surface area contributed by atoms with Crippen LogP contribution in [0.5, 0.6) is 11.5 Å². The van der Waals surface area contributed by atoms with E-state index in [0.29, 0.717) is 30.0 Å². The lowest BCUT2D eigenvalue weighted by molar-refractivity contribution is -0.123. The number of anilines is 1. The summed E-state index contributed by atoms with van der Waals surface area (Å²) in [5.74, 6) is 0.569. The fraction of sp³-hybridized carbons (Fsp3) is 0.240. The Labute approximate surface area is 199 Å². The number of carbonyl (C=O) groups excluding carboxylic acids is 1. The number of nitrogens with zero attached hydrogens (tertiary/aromatic N) is 1. The van der Waals surface area contributed by atoms with Crippen LogP contribution in [0.25, 0.3) is 0 Å². The minimum Gasteiger partial charge on any atom is -0.497 e. The Bertz CT molecular complexity index is 1180. The van der Waals surface area contributed by atoms with Crippen LogP contribution in [0.1, 0.15) is 11.1 Å². The number of hydrogen-bond donors (Lipinski definition) is 1.